The van der Waals surface area contributed by atoms with Crippen molar-refractivity contribution < 1.29 is 24.0 Å². The first kappa shape index (κ1) is 20.2. The fraction of sp³-hybridized carbons (Fsp3) is 0.706. The SMILES string of the molecule is CCOCCCN(CC(C)C(=O)O)C(=O)c1cc(C(C)(C)C)on1. The van der Waals surface area contributed by atoms with Crippen molar-refractivity contribution in [3.63, 3.8) is 0 Å². The molecule has 136 valence electrons. The third kappa shape index (κ3) is 5.96. The van der Waals surface area contributed by atoms with Gasteiger partial charge < -0.3 is 19.3 Å². The Balaban J connectivity index is 2.85. The maximum Gasteiger partial charge on any atom is 0.308 e. The summed E-state index contributed by atoms with van der Waals surface area (Å²) in [6.45, 7) is 11.0. The summed E-state index contributed by atoms with van der Waals surface area (Å²) < 4.78 is 10.5. The van der Waals surface area contributed by atoms with Crippen LogP contribution in [0.15, 0.2) is 10.6 Å². The monoisotopic (exact) mass is 340 g/mol. The molecule has 1 amide bonds. The van der Waals surface area contributed by atoms with Gasteiger partial charge in [0.05, 0.1) is 5.92 Å². The molecule has 0 saturated heterocycles. The minimum Gasteiger partial charge on any atom is -0.481 e. The van der Waals surface area contributed by atoms with Gasteiger partial charge in [0.1, 0.15) is 5.76 Å². The molecule has 1 atom stereocenters. The molecule has 0 saturated carbocycles. The quantitative estimate of drug-likeness (QED) is 0.695. The van der Waals surface area contributed by atoms with Crippen LogP contribution in [0.5, 0.6) is 0 Å². The van der Waals surface area contributed by atoms with Gasteiger partial charge in [-0.25, -0.2) is 0 Å². The Morgan fingerprint density at radius 3 is 2.58 bits per heavy atom. The van der Waals surface area contributed by atoms with Crippen LogP contribution in [-0.2, 0) is 14.9 Å². The Morgan fingerprint density at radius 2 is 2.08 bits per heavy atom. The molecule has 0 aliphatic carbocycles. The number of hydrogen-bond acceptors (Lipinski definition) is 5. The highest BCUT2D eigenvalue weighted by Gasteiger charge is 2.26. The molecule has 0 aliphatic rings. The van der Waals surface area contributed by atoms with Crippen molar-refractivity contribution in [2.75, 3.05) is 26.3 Å². The Labute approximate surface area is 142 Å². The van der Waals surface area contributed by atoms with Gasteiger partial charge in [-0.15, -0.1) is 0 Å². The standard InChI is InChI=1S/C17H28N2O5/c1-6-23-9-7-8-19(11-12(2)16(21)22)15(20)13-10-14(24-18-13)17(3,4)5/h10,12H,6-9,11H2,1-5H3,(H,21,22). The molecule has 1 unspecified atom stereocenters. The number of aliphatic carboxylic acids is 1. The van der Waals surface area contributed by atoms with E-state index >= 15 is 0 Å². The number of rotatable bonds is 9. The molecular weight excluding hydrogens is 312 g/mol. The molecule has 0 spiro atoms. The minimum atomic E-state index is -0.937. The van der Waals surface area contributed by atoms with Gasteiger partial charge in [0.2, 0.25) is 0 Å². The highest BCUT2D eigenvalue weighted by atomic mass is 16.5. The molecule has 1 aromatic rings. The lowest BCUT2D eigenvalue weighted by atomic mass is 9.93. The molecule has 0 radical (unpaired) electrons. The highest BCUT2D eigenvalue weighted by molar-refractivity contribution is 5.92. The van der Waals surface area contributed by atoms with Gasteiger partial charge in [-0.05, 0) is 13.3 Å². The van der Waals surface area contributed by atoms with Crippen LogP contribution in [0.2, 0.25) is 0 Å². The number of carboxylic acids is 1. The maximum atomic E-state index is 12.7. The molecule has 0 aliphatic heterocycles. The molecule has 1 heterocycles. The largest absolute Gasteiger partial charge is 0.481 e. The van der Waals surface area contributed by atoms with Gasteiger partial charge in [-0.1, -0.05) is 32.9 Å². The van der Waals surface area contributed by atoms with Gasteiger partial charge in [-0.3, -0.25) is 9.59 Å². The van der Waals surface area contributed by atoms with Crippen LogP contribution in [0.3, 0.4) is 0 Å². The first-order valence-electron chi connectivity index (χ1n) is 8.23. The molecule has 7 heteroatoms. The van der Waals surface area contributed by atoms with Gasteiger partial charge in [0, 0.05) is 37.8 Å². The van der Waals surface area contributed by atoms with E-state index in [2.05, 4.69) is 5.16 Å². The first-order valence-corrected chi connectivity index (χ1v) is 8.23. The number of hydrogen-bond donors (Lipinski definition) is 1. The van der Waals surface area contributed by atoms with E-state index in [4.69, 9.17) is 14.4 Å². The second kappa shape index (κ2) is 8.82. The second-order valence-corrected chi connectivity index (χ2v) is 6.87. The Morgan fingerprint density at radius 1 is 1.42 bits per heavy atom. The molecule has 0 bridgehead atoms. The van der Waals surface area contributed by atoms with E-state index in [0.29, 0.717) is 31.9 Å². The summed E-state index contributed by atoms with van der Waals surface area (Å²) >= 11 is 0. The van der Waals surface area contributed by atoms with Crippen LogP contribution >= 0.6 is 0 Å². The van der Waals surface area contributed by atoms with Crippen molar-refractivity contribution in [3.8, 4) is 0 Å². The van der Waals surface area contributed by atoms with Gasteiger partial charge in [0.25, 0.3) is 5.91 Å². The normalized spacial score (nSPS) is 12.9. The lowest BCUT2D eigenvalue weighted by Gasteiger charge is -2.23. The first-order chi connectivity index (χ1) is 11.2. The number of ether oxygens (including phenoxy) is 1. The Kier molecular flexibility index (Phi) is 7.41. The molecule has 24 heavy (non-hydrogen) atoms. The molecule has 0 fully saturated rings. The predicted octanol–water partition coefficient (Wildman–Crippen LogP) is 2.56. The zero-order chi connectivity index (χ0) is 18.3. The van der Waals surface area contributed by atoms with Crippen LogP contribution in [0.4, 0.5) is 0 Å². The summed E-state index contributed by atoms with van der Waals surface area (Å²) in [4.78, 5) is 25.3. The Hall–Kier alpha value is -1.89. The van der Waals surface area contributed by atoms with Gasteiger partial charge >= 0.3 is 5.97 Å². The third-order valence-corrected chi connectivity index (χ3v) is 3.59. The van der Waals surface area contributed by atoms with Gasteiger partial charge in [0.15, 0.2) is 5.69 Å². The topological polar surface area (TPSA) is 92.9 Å². The van der Waals surface area contributed by atoms with Crippen LogP contribution in [0.25, 0.3) is 0 Å². The number of carbonyl (C=O) groups is 2. The van der Waals surface area contributed by atoms with Crippen molar-refractivity contribution in [1.29, 1.82) is 0 Å². The summed E-state index contributed by atoms with van der Waals surface area (Å²) in [5.41, 5.74) is -0.0476. The zero-order valence-electron chi connectivity index (χ0n) is 15.2. The van der Waals surface area contributed by atoms with E-state index in [-0.39, 0.29) is 23.6 Å². The van der Waals surface area contributed by atoms with E-state index in [1.165, 1.54) is 4.90 Å². The number of carboxylic acid groups (broad SMARTS) is 1. The fourth-order valence-corrected chi connectivity index (χ4v) is 2.08. The highest BCUT2D eigenvalue weighted by Crippen LogP contribution is 2.23. The van der Waals surface area contributed by atoms with E-state index in [1.807, 2.05) is 27.7 Å². The predicted molar refractivity (Wildman–Crippen MR) is 89.0 cm³/mol. The average molecular weight is 340 g/mol. The Bertz CT molecular complexity index is 547. The average Bonchev–Trinajstić information content (AvgIpc) is 2.99. The summed E-state index contributed by atoms with van der Waals surface area (Å²) in [7, 11) is 0. The van der Waals surface area contributed by atoms with Crippen molar-refractivity contribution in [2.24, 2.45) is 5.92 Å². The van der Waals surface area contributed by atoms with Crippen LogP contribution in [0.1, 0.15) is 57.3 Å². The van der Waals surface area contributed by atoms with Crippen molar-refractivity contribution in [2.45, 2.75) is 46.5 Å². The third-order valence-electron chi connectivity index (χ3n) is 3.59. The molecule has 0 aromatic carbocycles. The second-order valence-electron chi connectivity index (χ2n) is 6.87. The fourth-order valence-electron chi connectivity index (χ4n) is 2.08. The van der Waals surface area contributed by atoms with E-state index < -0.39 is 11.9 Å². The number of amides is 1. The van der Waals surface area contributed by atoms with Crippen LogP contribution < -0.4 is 0 Å². The molecular formula is C17H28N2O5. The smallest absolute Gasteiger partial charge is 0.308 e. The van der Waals surface area contributed by atoms with Crippen LogP contribution in [0, 0.1) is 5.92 Å². The summed E-state index contributed by atoms with van der Waals surface area (Å²) in [6, 6.07) is 1.63. The number of nitrogens with zero attached hydrogens (tertiary/aromatic N) is 2. The van der Waals surface area contributed by atoms with Gasteiger partial charge in [-0.2, -0.15) is 0 Å². The molecule has 1 rings (SSSR count). The van der Waals surface area contributed by atoms with Crippen molar-refractivity contribution in [1.82, 2.24) is 10.1 Å². The lowest BCUT2D eigenvalue weighted by molar-refractivity contribution is -0.141. The van der Waals surface area contributed by atoms with E-state index in [0.717, 1.165) is 0 Å². The lowest BCUT2D eigenvalue weighted by Crippen LogP contribution is -2.38. The number of carbonyl (C=O) groups excluding carboxylic acids is 1. The molecule has 1 N–H and O–H groups in total. The van der Waals surface area contributed by atoms with Crippen LogP contribution in [-0.4, -0.2) is 53.3 Å². The summed E-state index contributed by atoms with van der Waals surface area (Å²) in [5.74, 6) is -1.30. The molecule has 1 aromatic heterocycles. The van der Waals surface area contributed by atoms with Crippen molar-refractivity contribution >= 4 is 11.9 Å². The maximum absolute atomic E-state index is 12.7. The minimum absolute atomic E-state index is 0.123. The van der Waals surface area contributed by atoms with E-state index in [1.54, 1.807) is 13.0 Å². The molecule has 7 nitrogen and oxygen atoms in total. The zero-order valence-corrected chi connectivity index (χ0v) is 15.2. The van der Waals surface area contributed by atoms with Crippen molar-refractivity contribution in [3.05, 3.63) is 17.5 Å². The van der Waals surface area contributed by atoms with E-state index in [9.17, 15) is 9.59 Å². The number of aromatic nitrogens is 1. The summed E-state index contributed by atoms with van der Waals surface area (Å²) in [5, 5.41) is 13.0. The summed E-state index contributed by atoms with van der Waals surface area (Å²) in [6.07, 6.45) is 0.635.